The van der Waals surface area contributed by atoms with Crippen LogP contribution in [-0.2, 0) is 9.59 Å². The maximum atomic E-state index is 11.9. The number of hydrogen-bond acceptors (Lipinski definition) is 2. The molecule has 2 aliphatic rings. The fourth-order valence-electron chi connectivity index (χ4n) is 2.70. The Bertz CT molecular complexity index is 311. The van der Waals surface area contributed by atoms with E-state index in [2.05, 4.69) is 5.32 Å². The summed E-state index contributed by atoms with van der Waals surface area (Å²) < 4.78 is 0. The van der Waals surface area contributed by atoms with Crippen molar-refractivity contribution in [3.8, 4) is 0 Å². The van der Waals surface area contributed by atoms with Gasteiger partial charge in [-0.3, -0.25) is 9.59 Å². The van der Waals surface area contributed by atoms with Crippen LogP contribution in [0.1, 0.15) is 39.5 Å². The predicted molar refractivity (Wildman–Crippen MR) is 65.3 cm³/mol. The number of piperazine rings is 1. The number of rotatable bonds is 4. The molecule has 1 saturated heterocycles. The van der Waals surface area contributed by atoms with Crippen LogP contribution in [0.3, 0.4) is 0 Å². The molecule has 17 heavy (non-hydrogen) atoms. The number of amides is 2. The molecular weight excluding hydrogens is 216 g/mol. The van der Waals surface area contributed by atoms with Crippen molar-refractivity contribution in [2.45, 2.75) is 45.6 Å². The standard InChI is InChI=1S/C13H22N2O2/c1-9(2)12-13(17)14-8-11(16)15(12)7-6-10-4-3-5-10/h9-10,12H,3-8H2,1-2H3,(H,14,17). The quantitative estimate of drug-likeness (QED) is 0.799. The van der Waals surface area contributed by atoms with Gasteiger partial charge in [-0.15, -0.1) is 0 Å². The summed E-state index contributed by atoms with van der Waals surface area (Å²) in [6.45, 7) is 4.92. The number of nitrogens with one attached hydrogen (secondary N) is 1. The Morgan fingerprint density at radius 1 is 1.35 bits per heavy atom. The Morgan fingerprint density at radius 2 is 2.06 bits per heavy atom. The molecule has 1 unspecified atom stereocenters. The zero-order valence-electron chi connectivity index (χ0n) is 10.7. The highest BCUT2D eigenvalue weighted by molar-refractivity contribution is 5.94. The van der Waals surface area contributed by atoms with Crippen molar-refractivity contribution in [2.75, 3.05) is 13.1 Å². The van der Waals surface area contributed by atoms with Gasteiger partial charge in [-0.25, -0.2) is 0 Å². The van der Waals surface area contributed by atoms with Crippen molar-refractivity contribution >= 4 is 11.8 Å². The van der Waals surface area contributed by atoms with Crippen LogP contribution >= 0.6 is 0 Å². The van der Waals surface area contributed by atoms with E-state index in [0.717, 1.165) is 18.9 Å². The lowest BCUT2D eigenvalue weighted by Crippen LogP contribution is -2.60. The first-order chi connectivity index (χ1) is 8.09. The van der Waals surface area contributed by atoms with E-state index < -0.39 is 0 Å². The van der Waals surface area contributed by atoms with Crippen molar-refractivity contribution in [1.29, 1.82) is 0 Å². The number of nitrogens with zero attached hydrogens (tertiary/aromatic N) is 1. The van der Waals surface area contributed by atoms with Crippen molar-refractivity contribution in [2.24, 2.45) is 11.8 Å². The van der Waals surface area contributed by atoms with E-state index in [4.69, 9.17) is 0 Å². The molecule has 96 valence electrons. The van der Waals surface area contributed by atoms with E-state index in [9.17, 15) is 9.59 Å². The van der Waals surface area contributed by atoms with Gasteiger partial charge in [-0.05, 0) is 18.3 Å². The van der Waals surface area contributed by atoms with Gasteiger partial charge >= 0.3 is 0 Å². The SMILES string of the molecule is CC(C)C1C(=O)NCC(=O)N1CCC1CCC1. The van der Waals surface area contributed by atoms with Crippen LogP contribution in [0, 0.1) is 11.8 Å². The van der Waals surface area contributed by atoms with Crippen LogP contribution in [0.4, 0.5) is 0 Å². The van der Waals surface area contributed by atoms with E-state index >= 15 is 0 Å². The van der Waals surface area contributed by atoms with Crippen molar-refractivity contribution in [3.63, 3.8) is 0 Å². The van der Waals surface area contributed by atoms with Crippen LogP contribution in [0.15, 0.2) is 0 Å². The van der Waals surface area contributed by atoms with E-state index in [1.165, 1.54) is 19.3 Å². The highest BCUT2D eigenvalue weighted by Crippen LogP contribution is 2.30. The summed E-state index contributed by atoms with van der Waals surface area (Å²) in [4.78, 5) is 25.5. The fraction of sp³-hybridized carbons (Fsp3) is 0.846. The summed E-state index contributed by atoms with van der Waals surface area (Å²) in [5.74, 6) is 1.04. The van der Waals surface area contributed by atoms with Gasteiger partial charge in [-0.2, -0.15) is 0 Å². The molecule has 1 atom stereocenters. The molecule has 2 rings (SSSR count). The Kier molecular flexibility index (Phi) is 3.69. The van der Waals surface area contributed by atoms with Gasteiger partial charge in [0.2, 0.25) is 11.8 Å². The summed E-state index contributed by atoms with van der Waals surface area (Å²) >= 11 is 0. The molecule has 0 spiro atoms. The lowest BCUT2D eigenvalue weighted by molar-refractivity contribution is -0.147. The molecule has 4 nitrogen and oxygen atoms in total. The van der Waals surface area contributed by atoms with Crippen LogP contribution in [0.5, 0.6) is 0 Å². The molecule has 1 aliphatic carbocycles. The Labute approximate surface area is 103 Å². The molecule has 2 fully saturated rings. The van der Waals surface area contributed by atoms with Gasteiger partial charge in [-0.1, -0.05) is 33.1 Å². The molecule has 4 heteroatoms. The molecule has 0 aromatic rings. The first-order valence-electron chi connectivity index (χ1n) is 6.66. The van der Waals surface area contributed by atoms with Gasteiger partial charge in [0.05, 0.1) is 6.54 Å². The Balaban J connectivity index is 1.97. The van der Waals surface area contributed by atoms with Crippen LogP contribution in [0.2, 0.25) is 0 Å². The van der Waals surface area contributed by atoms with Crippen molar-refractivity contribution in [1.82, 2.24) is 10.2 Å². The van der Waals surface area contributed by atoms with E-state index in [0.29, 0.717) is 0 Å². The monoisotopic (exact) mass is 238 g/mol. The molecule has 2 amide bonds. The Hall–Kier alpha value is -1.06. The normalized spacial score (nSPS) is 26.1. The number of hydrogen-bond donors (Lipinski definition) is 1. The van der Waals surface area contributed by atoms with E-state index in [1.807, 2.05) is 13.8 Å². The topological polar surface area (TPSA) is 49.4 Å². The van der Waals surface area contributed by atoms with Gasteiger partial charge in [0.15, 0.2) is 0 Å². The van der Waals surface area contributed by atoms with Gasteiger partial charge in [0, 0.05) is 6.54 Å². The molecule has 1 N–H and O–H groups in total. The second-order valence-electron chi connectivity index (χ2n) is 5.58. The third-order valence-corrected chi connectivity index (χ3v) is 3.97. The number of carbonyl (C=O) groups is 2. The highest BCUT2D eigenvalue weighted by Gasteiger charge is 2.36. The summed E-state index contributed by atoms with van der Waals surface area (Å²) in [5, 5.41) is 2.68. The zero-order valence-corrected chi connectivity index (χ0v) is 10.7. The van der Waals surface area contributed by atoms with E-state index in [-0.39, 0.29) is 30.3 Å². The van der Waals surface area contributed by atoms with Crippen molar-refractivity contribution < 1.29 is 9.59 Å². The smallest absolute Gasteiger partial charge is 0.243 e. The summed E-state index contributed by atoms with van der Waals surface area (Å²) in [6.07, 6.45) is 4.97. The average Bonchev–Trinajstić information content (AvgIpc) is 2.20. The molecule has 0 radical (unpaired) electrons. The second-order valence-corrected chi connectivity index (χ2v) is 5.58. The third kappa shape index (κ3) is 2.61. The fourth-order valence-corrected chi connectivity index (χ4v) is 2.70. The lowest BCUT2D eigenvalue weighted by atomic mass is 9.82. The van der Waals surface area contributed by atoms with Gasteiger partial charge in [0.25, 0.3) is 0 Å². The molecular formula is C13H22N2O2. The highest BCUT2D eigenvalue weighted by atomic mass is 16.2. The van der Waals surface area contributed by atoms with Crippen molar-refractivity contribution in [3.05, 3.63) is 0 Å². The average molecular weight is 238 g/mol. The van der Waals surface area contributed by atoms with Crippen LogP contribution in [0.25, 0.3) is 0 Å². The maximum absolute atomic E-state index is 11.9. The minimum atomic E-state index is -0.267. The zero-order chi connectivity index (χ0) is 12.4. The minimum absolute atomic E-state index is 0.00760. The summed E-state index contributed by atoms with van der Waals surface area (Å²) in [5.41, 5.74) is 0. The largest absolute Gasteiger partial charge is 0.345 e. The van der Waals surface area contributed by atoms with Crippen LogP contribution < -0.4 is 5.32 Å². The summed E-state index contributed by atoms with van der Waals surface area (Å²) in [7, 11) is 0. The predicted octanol–water partition coefficient (Wildman–Crippen LogP) is 1.16. The first kappa shape index (κ1) is 12.4. The maximum Gasteiger partial charge on any atom is 0.243 e. The lowest BCUT2D eigenvalue weighted by Gasteiger charge is -2.38. The molecule has 1 heterocycles. The number of carbonyl (C=O) groups excluding carboxylic acids is 2. The van der Waals surface area contributed by atoms with Gasteiger partial charge in [0.1, 0.15) is 6.04 Å². The first-order valence-corrected chi connectivity index (χ1v) is 6.66. The van der Waals surface area contributed by atoms with Crippen LogP contribution in [-0.4, -0.2) is 35.8 Å². The summed E-state index contributed by atoms with van der Waals surface area (Å²) in [6, 6.07) is -0.267. The second kappa shape index (κ2) is 5.07. The molecule has 1 saturated carbocycles. The Morgan fingerprint density at radius 3 is 2.59 bits per heavy atom. The van der Waals surface area contributed by atoms with E-state index in [1.54, 1.807) is 4.90 Å². The molecule has 0 bridgehead atoms. The molecule has 0 aromatic carbocycles. The molecule has 0 aromatic heterocycles. The van der Waals surface area contributed by atoms with Gasteiger partial charge < -0.3 is 10.2 Å². The third-order valence-electron chi connectivity index (χ3n) is 3.97. The minimum Gasteiger partial charge on any atom is -0.345 e. The molecule has 1 aliphatic heterocycles.